The van der Waals surface area contributed by atoms with E-state index in [2.05, 4.69) is 84.2 Å². The lowest BCUT2D eigenvalue weighted by atomic mass is 10.3. The van der Waals surface area contributed by atoms with Crippen LogP contribution < -0.4 is 0 Å². The number of benzene rings is 2. The Kier molecular flexibility index (Phi) is 4.52. The highest BCUT2D eigenvalue weighted by atomic mass is 32.2. The fraction of sp³-hybridized carbons (Fsp3) is 0.294. The zero-order valence-electron chi connectivity index (χ0n) is 10.9. The molecule has 0 bridgehead atoms. The first-order valence-electron chi connectivity index (χ1n) is 6.85. The molecule has 1 aliphatic carbocycles. The largest absolute Gasteiger partial charge is 0.122 e. The third-order valence-corrected chi connectivity index (χ3v) is 6.45. The molecule has 2 atom stereocenters. The molecule has 0 heterocycles. The Bertz CT molecular complexity index is 448. The van der Waals surface area contributed by atoms with E-state index in [-0.39, 0.29) is 0 Å². The monoisotopic (exact) mass is 286 g/mol. The second-order valence-corrected chi connectivity index (χ2v) is 7.49. The lowest BCUT2D eigenvalue weighted by Gasteiger charge is -2.18. The maximum absolute atomic E-state index is 2.23. The summed E-state index contributed by atoms with van der Waals surface area (Å²) in [5, 5.41) is 1.51. The molecular weight excluding hydrogens is 268 g/mol. The molecule has 3 rings (SSSR count). The van der Waals surface area contributed by atoms with Crippen molar-refractivity contribution >= 4 is 23.5 Å². The van der Waals surface area contributed by atoms with Crippen LogP contribution in [0.4, 0.5) is 0 Å². The number of thioether (sulfide) groups is 2. The van der Waals surface area contributed by atoms with Crippen molar-refractivity contribution in [2.45, 2.75) is 39.6 Å². The molecule has 0 spiro atoms. The third kappa shape index (κ3) is 3.58. The van der Waals surface area contributed by atoms with E-state index >= 15 is 0 Å². The number of hydrogen-bond acceptors (Lipinski definition) is 2. The van der Waals surface area contributed by atoms with Gasteiger partial charge in [0.15, 0.2) is 0 Å². The predicted octanol–water partition coefficient (Wildman–Crippen LogP) is 5.49. The molecule has 0 N–H and O–H groups in total. The Hall–Kier alpha value is -0.860. The van der Waals surface area contributed by atoms with Gasteiger partial charge in [-0.2, -0.15) is 0 Å². The maximum Gasteiger partial charge on any atom is 0.0217 e. The minimum Gasteiger partial charge on any atom is -0.122 e. The predicted molar refractivity (Wildman–Crippen MR) is 86.0 cm³/mol. The molecule has 0 saturated heterocycles. The maximum atomic E-state index is 2.23. The van der Waals surface area contributed by atoms with E-state index in [1.54, 1.807) is 0 Å². The van der Waals surface area contributed by atoms with Crippen LogP contribution in [0.15, 0.2) is 70.5 Å². The van der Waals surface area contributed by atoms with Crippen LogP contribution in [0.25, 0.3) is 0 Å². The molecule has 0 amide bonds. The van der Waals surface area contributed by atoms with Crippen LogP contribution in [0.5, 0.6) is 0 Å². The normalized spacial score (nSPS) is 22.5. The summed E-state index contributed by atoms with van der Waals surface area (Å²) in [5.74, 6) is 0. The van der Waals surface area contributed by atoms with Crippen molar-refractivity contribution in [2.24, 2.45) is 0 Å². The molecule has 0 aromatic heterocycles. The van der Waals surface area contributed by atoms with Crippen LogP contribution >= 0.6 is 23.5 Å². The van der Waals surface area contributed by atoms with Gasteiger partial charge in [0.1, 0.15) is 0 Å². The summed E-state index contributed by atoms with van der Waals surface area (Å²) in [6.07, 6.45) is 4.07. The first kappa shape index (κ1) is 13.1. The summed E-state index contributed by atoms with van der Waals surface area (Å²) in [7, 11) is 0. The van der Waals surface area contributed by atoms with Gasteiger partial charge in [-0.25, -0.2) is 0 Å². The van der Waals surface area contributed by atoms with E-state index < -0.39 is 0 Å². The summed E-state index contributed by atoms with van der Waals surface area (Å²) in [4.78, 5) is 2.82. The van der Waals surface area contributed by atoms with E-state index in [0.717, 1.165) is 10.5 Å². The van der Waals surface area contributed by atoms with Crippen LogP contribution in [0.3, 0.4) is 0 Å². The zero-order chi connectivity index (χ0) is 12.9. The van der Waals surface area contributed by atoms with Crippen molar-refractivity contribution < 1.29 is 0 Å². The summed E-state index contributed by atoms with van der Waals surface area (Å²) < 4.78 is 0. The van der Waals surface area contributed by atoms with Gasteiger partial charge in [0.25, 0.3) is 0 Å². The zero-order valence-corrected chi connectivity index (χ0v) is 12.5. The summed E-state index contributed by atoms with van der Waals surface area (Å²) in [5.41, 5.74) is 0. The van der Waals surface area contributed by atoms with Gasteiger partial charge < -0.3 is 0 Å². The fourth-order valence-electron chi connectivity index (χ4n) is 2.51. The van der Waals surface area contributed by atoms with Gasteiger partial charge in [-0.05, 0) is 37.1 Å². The van der Waals surface area contributed by atoms with Crippen LogP contribution in [-0.4, -0.2) is 10.5 Å². The highest BCUT2D eigenvalue weighted by Crippen LogP contribution is 2.43. The van der Waals surface area contributed by atoms with Gasteiger partial charge in [0.2, 0.25) is 0 Å². The molecule has 0 unspecified atom stereocenters. The third-order valence-electron chi connectivity index (χ3n) is 3.45. The van der Waals surface area contributed by atoms with Crippen molar-refractivity contribution in [1.29, 1.82) is 0 Å². The van der Waals surface area contributed by atoms with Gasteiger partial charge in [-0.3, -0.25) is 0 Å². The van der Waals surface area contributed by atoms with Crippen LogP contribution in [0.2, 0.25) is 0 Å². The van der Waals surface area contributed by atoms with Gasteiger partial charge in [0.05, 0.1) is 0 Å². The van der Waals surface area contributed by atoms with Crippen molar-refractivity contribution in [1.82, 2.24) is 0 Å². The van der Waals surface area contributed by atoms with Gasteiger partial charge in [-0.15, -0.1) is 23.5 Å². The molecule has 19 heavy (non-hydrogen) atoms. The van der Waals surface area contributed by atoms with E-state index in [0.29, 0.717) is 0 Å². The molecule has 0 nitrogen and oxygen atoms in total. The molecule has 0 aliphatic heterocycles. The van der Waals surface area contributed by atoms with Crippen molar-refractivity contribution in [3.63, 3.8) is 0 Å². The molecule has 2 aromatic rings. The quantitative estimate of drug-likeness (QED) is 0.728. The van der Waals surface area contributed by atoms with Crippen LogP contribution in [-0.2, 0) is 0 Å². The van der Waals surface area contributed by atoms with E-state index in [1.165, 1.54) is 29.1 Å². The smallest absolute Gasteiger partial charge is 0.0217 e. The summed E-state index contributed by atoms with van der Waals surface area (Å²) in [6, 6.07) is 21.6. The Morgan fingerprint density at radius 3 is 1.47 bits per heavy atom. The Balaban J connectivity index is 1.65. The molecule has 0 radical (unpaired) electrons. The second kappa shape index (κ2) is 6.53. The summed E-state index contributed by atoms with van der Waals surface area (Å²) >= 11 is 4.12. The van der Waals surface area contributed by atoms with Gasteiger partial charge in [0, 0.05) is 20.3 Å². The second-order valence-electron chi connectivity index (χ2n) is 4.87. The van der Waals surface area contributed by atoms with Gasteiger partial charge >= 0.3 is 0 Å². The van der Waals surface area contributed by atoms with E-state index in [9.17, 15) is 0 Å². The lowest BCUT2D eigenvalue weighted by molar-refractivity contribution is 0.890. The molecule has 2 aromatic carbocycles. The van der Waals surface area contributed by atoms with Crippen LogP contribution in [0.1, 0.15) is 19.3 Å². The summed E-state index contributed by atoms with van der Waals surface area (Å²) in [6.45, 7) is 0. The number of rotatable bonds is 4. The molecule has 1 fully saturated rings. The SMILES string of the molecule is c1ccc(S[C@H]2CCC[C@@H]2Sc2ccccc2)cc1. The molecule has 98 valence electrons. The molecule has 2 heteroatoms. The lowest BCUT2D eigenvalue weighted by Crippen LogP contribution is -2.11. The van der Waals surface area contributed by atoms with Crippen molar-refractivity contribution in [2.75, 3.05) is 0 Å². The average molecular weight is 286 g/mol. The molecular formula is C17H18S2. The highest BCUT2D eigenvalue weighted by Gasteiger charge is 2.28. The fourth-order valence-corrected chi connectivity index (χ4v) is 5.32. The van der Waals surface area contributed by atoms with Crippen molar-refractivity contribution in [3.8, 4) is 0 Å². The average Bonchev–Trinajstić information content (AvgIpc) is 2.88. The Labute approximate surface area is 124 Å². The Morgan fingerprint density at radius 2 is 1.05 bits per heavy atom. The minimum atomic E-state index is 0.757. The molecule has 1 saturated carbocycles. The van der Waals surface area contributed by atoms with Crippen molar-refractivity contribution in [3.05, 3.63) is 60.7 Å². The Morgan fingerprint density at radius 1 is 0.632 bits per heavy atom. The first-order chi connectivity index (χ1) is 9.42. The van der Waals surface area contributed by atoms with Gasteiger partial charge in [-0.1, -0.05) is 42.8 Å². The highest BCUT2D eigenvalue weighted by molar-refractivity contribution is 8.03. The standard InChI is InChI=1S/C17H18S2/c1-3-8-14(9-4-1)18-16-12-7-13-17(16)19-15-10-5-2-6-11-15/h1-6,8-11,16-17H,7,12-13H2/t16-,17-/m0/s1. The number of hydrogen-bond donors (Lipinski definition) is 0. The first-order valence-corrected chi connectivity index (χ1v) is 8.61. The van der Waals surface area contributed by atoms with E-state index in [4.69, 9.17) is 0 Å². The topological polar surface area (TPSA) is 0 Å². The molecule has 1 aliphatic rings. The van der Waals surface area contributed by atoms with Crippen LogP contribution in [0, 0.1) is 0 Å². The van der Waals surface area contributed by atoms with E-state index in [1.807, 2.05) is 0 Å². The minimum absolute atomic E-state index is 0.757.